The molecule has 3 aromatic rings. The van der Waals surface area contributed by atoms with Gasteiger partial charge in [-0.1, -0.05) is 41.4 Å². The summed E-state index contributed by atoms with van der Waals surface area (Å²) in [5.74, 6) is -1.72. The van der Waals surface area contributed by atoms with Crippen molar-refractivity contribution in [1.82, 2.24) is 10.3 Å². The lowest BCUT2D eigenvalue weighted by Crippen LogP contribution is -2.32. The van der Waals surface area contributed by atoms with Crippen LogP contribution in [0.2, 0.25) is 10.0 Å². The number of benzene rings is 2. The summed E-state index contributed by atoms with van der Waals surface area (Å²) in [6, 6.07) is 12.8. The smallest absolute Gasteiger partial charge is 0.336 e. The molecule has 38 heavy (non-hydrogen) atoms. The van der Waals surface area contributed by atoms with Crippen molar-refractivity contribution in [1.29, 1.82) is 0 Å². The van der Waals surface area contributed by atoms with Crippen molar-refractivity contribution in [2.24, 2.45) is 0 Å². The number of rotatable bonds is 8. The maximum absolute atomic E-state index is 13.2. The number of halogens is 2. The molecule has 0 amide bonds. The number of hydrogen-bond donors (Lipinski definition) is 2. The molecule has 1 aliphatic rings. The Labute approximate surface area is 235 Å². The first-order chi connectivity index (χ1) is 18.2. The standard InChI is InChI=1S/C28H27Cl2N3O4S/c1-5-36-26(34)23-15(3)31-16(4)24(27(35)37-6-2)25(23)19-9-7-8-10-21(19)32-28-33-22(14-38-28)18-12-11-17(29)13-20(18)30/h7-14,25,31H,5-6H2,1-4H3,(H,32,33). The van der Waals surface area contributed by atoms with E-state index in [2.05, 4.69) is 10.6 Å². The Kier molecular flexibility index (Phi) is 8.76. The molecule has 4 rings (SSSR count). The van der Waals surface area contributed by atoms with E-state index in [0.29, 0.717) is 54.7 Å². The number of anilines is 2. The molecule has 0 saturated heterocycles. The molecule has 198 valence electrons. The molecule has 0 aliphatic carbocycles. The molecular weight excluding hydrogens is 545 g/mol. The van der Waals surface area contributed by atoms with Gasteiger partial charge in [0.25, 0.3) is 0 Å². The number of carbonyl (C=O) groups excluding carboxylic acids is 2. The zero-order valence-corrected chi connectivity index (χ0v) is 23.7. The van der Waals surface area contributed by atoms with Crippen molar-refractivity contribution < 1.29 is 19.1 Å². The molecular formula is C28H27Cl2N3O4S. The lowest BCUT2D eigenvalue weighted by Gasteiger charge is -2.31. The maximum Gasteiger partial charge on any atom is 0.336 e. The zero-order chi connectivity index (χ0) is 27.4. The number of dihydropyridines is 1. The molecule has 0 fully saturated rings. The van der Waals surface area contributed by atoms with E-state index in [1.807, 2.05) is 35.7 Å². The quantitative estimate of drug-likeness (QED) is 0.276. The molecule has 0 saturated carbocycles. The third kappa shape index (κ3) is 5.72. The van der Waals surface area contributed by atoms with Crippen LogP contribution in [0.1, 0.15) is 39.2 Å². The molecule has 0 unspecified atom stereocenters. The van der Waals surface area contributed by atoms with Crippen molar-refractivity contribution in [2.45, 2.75) is 33.6 Å². The maximum atomic E-state index is 13.2. The van der Waals surface area contributed by atoms with Crippen molar-refractivity contribution in [3.8, 4) is 11.3 Å². The summed E-state index contributed by atoms with van der Waals surface area (Å²) in [5.41, 5.74) is 4.78. The minimum atomic E-state index is -0.719. The van der Waals surface area contributed by atoms with Crippen LogP contribution in [0.25, 0.3) is 11.3 Å². The predicted molar refractivity (Wildman–Crippen MR) is 152 cm³/mol. The molecule has 0 bridgehead atoms. The highest BCUT2D eigenvalue weighted by Gasteiger charge is 2.39. The minimum Gasteiger partial charge on any atom is -0.463 e. The van der Waals surface area contributed by atoms with Gasteiger partial charge in [-0.05, 0) is 57.5 Å². The number of carbonyl (C=O) groups is 2. The van der Waals surface area contributed by atoms with Gasteiger partial charge in [-0.2, -0.15) is 0 Å². The van der Waals surface area contributed by atoms with Crippen molar-refractivity contribution in [3.63, 3.8) is 0 Å². The highest BCUT2D eigenvalue weighted by molar-refractivity contribution is 7.14. The molecule has 2 heterocycles. The number of esters is 2. The van der Waals surface area contributed by atoms with E-state index in [4.69, 9.17) is 37.7 Å². The van der Waals surface area contributed by atoms with Crippen LogP contribution >= 0.6 is 34.5 Å². The van der Waals surface area contributed by atoms with Crippen LogP contribution in [-0.2, 0) is 19.1 Å². The average Bonchev–Trinajstić information content (AvgIpc) is 3.32. The van der Waals surface area contributed by atoms with E-state index >= 15 is 0 Å². The van der Waals surface area contributed by atoms with Crippen molar-refractivity contribution in [3.05, 3.63) is 86.0 Å². The third-order valence-corrected chi connectivity index (χ3v) is 7.28. The topological polar surface area (TPSA) is 89.5 Å². The van der Waals surface area contributed by atoms with Crippen LogP contribution in [-0.4, -0.2) is 30.1 Å². The average molecular weight is 573 g/mol. The monoisotopic (exact) mass is 571 g/mol. The van der Waals surface area contributed by atoms with Gasteiger partial charge in [0.1, 0.15) is 0 Å². The predicted octanol–water partition coefficient (Wildman–Crippen LogP) is 7.22. The molecule has 0 atom stereocenters. The molecule has 1 aliphatic heterocycles. The number of ether oxygens (including phenoxy) is 2. The Bertz CT molecular complexity index is 1410. The fourth-order valence-electron chi connectivity index (χ4n) is 4.39. The lowest BCUT2D eigenvalue weighted by molar-refractivity contribution is -0.139. The SMILES string of the molecule is CCOC(=O)C1=C(C)NC(C)=C(C(=O)OCC)C1c1ccccc1Nc1nc(-c2ccc(Cl)cc2Cl)cs1. The molecule has 0 spiro atoms. The lowest BCUT2D eigenvalue weighted by atomic mass is 9.79. The Morgan fingerprint density at radius 3 is 2.24 bits per heavy atom. The van der Waals surface area contributed by atoms with Crippen LogP contribution in [0.3, 0.4) is 0 Å². The number of nitrogens with zero attached hydrogens (tertiary/aromatic N) is 1. The largest absolute Gasteiger partial charge is 0.463 e. The summed E-state index contributed by atoms with van der Waals surface area (Å²) in [4.78, 5) is 31.0. The molecule has 1 aromatic heterocycles. The number of aromatic nitrogens is 1. The van der Waals surface area contributed by atoms with E-state index in [1.165, 1.54) is 11.3 Å². The van der Waals surface area contributed by atoms with Crippen LogP contribution in [0, 0.1) is 0 Å². The van der Waals surface area contributed by atoms with Gasteiger partial charge in [0.05, 0.1) is 41.0 Å². The molecule has 10 heteroatoms. The minimum absolute atomic E-state index is 0.203. The van der Waals surface area contributed by atoms with Crippen LogP contribution in [0.4, 0.5) is 10.8 Å². The third-order valence-electron chi connectivity index (χ3n) is 5.98. The second-order valence-corrected chi connectivity index (χ2v) is 10.2. The first kappa shape index (κ1) is 27.7. The van der Waals surface area contributed by atoms with Gasteiger partial charge in [-0.25, -0.2) is 14.6 Å². The normalized spacial score (nSPS) is 13.8. The molecule has 0 radical (unpaired) electrons. The fraction of sp³-hybridized carbons (Fsp3) is 0.250. The number of hydrogen-bond acceptors (Lipinski definition) is 8. The van der Waals surface area contributed by atoms with Gasteiger partial charge < -0.3 is 20.1 Å². The Morgan fingerprint density at radius 1 is 1.00 bits per heavy atom. The van der Waals surface area contributed by atoms with E-state index in [9.17, 15) is 9.59 Å². The first-order valence-electron chi connectivity index (χ1n) is 12.0. The highest BCUT2D eigenvalue weighted by Crippen LogP contribution is 2.43. The summed E-state index contributed by atoms with van der Waals surface area (Å²) in [6.45, 7) is 7.49. The Morgan fingerprint density at radius 2 is 1.63 bits per heavy atom. The number of thiazole rings is 1. The van der Waals surface area contributed by atoms with E-state index in [0.717, 1.165) is 5.56 Å². The van der Waals surface area contributed by atoms with E-state index < -0.39 is 17.9 Å². The molecule has 2 N–H and O–H groups in total. The van der Waals surface area contributed by atoms with Crippen molar-refractivity contribution in [2.75, 3.05) is 18.5 Å². The molecule has 7 nitrogen and oxygen atoms in total. The summed E-state index contributed by atoms with van der Waals surface area (Å²) in [7, 11) is 0. The van der Waals surface area contributed by atoms with Gasteiger partial charge in [-0.15, -0.1) is 11.3 Å². The second kappa shape index (κ2) is 12.0. The summed E-state index contributed by atoms with van der Waals surface area (Å²) < 4.78 is 10.8. The van der Waals surface area contributed by atoms with Gasteiger partial charge in [-0.3, -0.25) is 0 Å². The Balaban J connectivity index is 1.78. The number of nitrogens with one attached hydrogen (secondary N) is 2. The van der Waals surface area contributed by atoms with Crippen LogP contribution in [0.5, 0.6) is 0 Å². The first-order valence-corrected chi connectivity index (χ1v) is 13.7. The number of para-hydroxylation sites is 1. The van der Waals surface area contributed by atoms with Gasteiger partial charge in [0, 0.05) is 33.0 Å². The number of allylic oxidation sites excluding steroid dienone is 2. The summed E-state index contributed by atoms with van der Waals surface area (Å²) in [6.07, 6.45) is 0. The van der Waals surface area contributed by atoms with E-state index in [1.54, 1.807) is 39.8 Å². The van der Waals surface area contributed by atoms with Crippen molar-refractivity contribution >= 4 is 57.3 Å². The fourth-order valence-corrected chi connectivity index (χ4v) is 5.62. The van der Waals surface area contributed by atoms with E-state index in [-0.39, 0.29) is 13.2 Å². The van der Waals surface area contributed by atoms with Gasteiger partial charge in [0.2, 0.25) is 0 Å². The van der Waals surface area contributed by atoms with Gasteiger partial charge in [0.15, 0.2) is 5.13 Å². The van der Waals surface area contributed by atoms with Crippen LogP contribution < -0.4 is 10.6 Å². The van der Waals surface area contributed by atoms with Crippen LogP contribution in [0.15, 0.2) is 70.4 Å². The highest BCUT2D eigenvalue weighted by atomic mass is 35.5. The zero-order valence-electron chi connectivity index (χ0n) is 21.4. The summed E-state index contributed by atoms with van der Waals surface area (Å²) >= 11 is 13.8. The summed E-state index contributed by atoms with van der Waals surface area (Å²) in [5, 5.41) is 10.1. The molecule has 2 aromatic carbocycles. The second-order valence-electron chi connectivity index (χ2n) is 8.45. The Hall–Kier alpha value is -3.33. The van der Waals surface area contributed by atoms with Gasteiger partial charge >= 0.3 is 11.9 Å².